The maximum absolute atomic E-state index is 5.65. The van der Waals surface area contributed by atoms with E-state index in [0.29, 0.717) is 23.3 Å². The predicted octanol–water partition coefficient (Wildman–Crippen LogP) is 2.54. The van der Waals surface area contributed by atoms with Crippen molar-refractivity contribution in [3.8, 4) is 17.2 Å². The summed E-state index contributed by atoms with van der Waals surface area (Å²) < 4.78 is 18.9. The molecule has 1 aliphatic carbocycles. The number of benzene rings is 1. The second-order valence-electron chi connectivity index (χ2n) is 8.47. The molecule has 0 N–H and O–H groups in total. The van der Waals surface area contributed by atoms with E-state index in [2.05, 4.69) is 37.1 Å². The first-order valence-corrected chi connectivity index (χ1v) is 11.2. The van der Waals surface area contributed by atoms with Crippen LogP contribution in [0.15, 0.2) is 12.1 Å². The maximum atomic E-state index is 5.65. The van der Waals surface area contributed by atoms with Gasteiger partial charge in [0.05, 0.1) is 33.4 Å². The third-order valence-electron chi connectivity index (χ3n) is 6.59. The van der Waals surface area contributed by atoms with Gasteiger partial charge in [-0.05, 0) is 48.0 Å². The first-order chi connectivity index (χ1) is 15.2. The van der Waals surface area contributed by atoms with Crippen molar-refractivity contribution in [1.82, 2.24) is 30.0 Å². The van der Waals surface area contributed by atoms with Crippen LogP contribution in [-0.2, 0) is 0 Å². The van der Waals surface area contributed by atoms with Gasteiger partial charge in [0.25, 0.3) is 0 Å². The molecule has 2 aromatic rings. The Morgan fingerprint density at radius 2 is 1.55 bits per heavy atom. The zero-order valence-electron chi connectivity index (χ0n) is 19.1. The second kappa shape index (κ2) is 9.82. The quantitative estimate of drug-likeness (QED) is 0.663. The highest BCUT2D eigenvalue weighted by atomic mass is 16.5. The summed E-state index contributed by atoms with van der Waals surface area (Å²) in [7, 11) is 7.09. The van der Waals surface area contributed by atoms with Gasteiger partial charge in [-0.2, -0.15) is 0 Å². The summed E-state index contributed by atoms with van der Waals surface area (Å²) in [4.78, 5) is 4.82. The van der Waals surface area contributed by atoms with E-state index in [9.17, 15) is 0 Å². The molecule has 4 rings (SSSR count). The summed E-state index contributed by atoms with van der Waals surface area (Å²) >= 11 is 0. The lowest BCUT2D eigenvalue weighted by atomic mass is 9.95. The van der Waals surface area contributed by atoms with Crippen molar-refractivity contribution in [3.05, 3.63) is 23.5 Å². The van der Waals surface area contributed by atoms with Gasteiger partial charge < -0.3 is 19.1 Å². The van der Waals surface area contributed by atoms with Crippen LogP contribution in [-0.4, -0.2) is 84.6 Å². The highest BCUT2D eigenvalue weighted by Crippen LogP contribution is 2.42. The molecule has 9 heteroatoms. The molecule has 0 amide bonds. The number of hydrogen-bond donors (Lipinski definition) is 0. The zero-order valence-corrected chi connectivity index (χ0v) is 19.1. The number of rotatable bonds is 7. The molecule has 31 heavy (non-hydrogen) atoms. The average molecular weight is 431 g/mol. The molecular weight excluding hydrogens is 396 g/mol. The Morgan fingerprint density at radius 1 is 0.903 bits per heavy atom. The second-order valence-corrected chi connectivity index (χ2v) is 8.47. The third-order valence-corrected chi connectivity index (χ3v) is 6.59. The maximum Gasteiger partial charge on any atom is 0.203 e. The normalized spacial score (nSPS) is 19.9. The highest BCUT2D eigenvalue weighted by Gasteiger charge is 2.33. The van der Waals surface area contributed by atoms with Gasteiger partial charge in [-0.3, -0.25) is 4.90 Å². The number of piperazine rings is 1. The zero-order chi connectivity index (χ0) is 21.8. The molecular formula is C22H34N6O3. The minimum atomic E-state index is -0.0840. The van der Waals surface area contributed by atoms with Crippen molar-refractivity contribution in [2.24, 2.45) is 0 Å². The first kappa shape index (κ1) is 21.8. The van der Waals surface area contributed by atoms with E-state index in [1.807, 2.05) is 12.1 Å². The lowest BCUT2D eigenvalue weighted by Crippen LogP contribution is -2.47. The molecule has 1 saturated carbocycles. The number of nitrogens with zero attached hydrogens (tertiary/aromatic N) is 6. The van der Waals surface area contributed by atoms with Crippen molar-refractivity contribution < 1.29 is 14.2 Å². The Balaban J connectivity index is 1.79. The van der Waals surface area contributed by atoms with Crippen molar-refractivity contribution in [2.45, 2.75) is 44.2 Å². The van der Waals surface area contributed by atoms with E-state index in [1.165, 1.54) is 19.3 Å². The highest BCUT2D eigenvalue weighted by molar-refractivity contribution is 5.55. The molecule has 2 aliphatic rings. The van der Waals surface area contributed by atoms with Crippen LogP contribution in [0.2, 0.25) is 0 Å². The van der Waals surface area contributed by atoms with Gasteiger partial charge in [-0.15, -0.1) is 5.10 Å². The van der Waals surface area contributed by atoms with Crippen LogP contribution in [0.5, 0.6) is 17.2 Å². The molecule has 0 bridgehead atoms. The molecule has 9 nitrogen and oxygen atoms in total. The fraction of sp³-hybridized carbons (Fsp3) is 0.682. The standard InChI is InChI=1S/C22H34N6O3/c1-26-10-12-27(13-11-26)20(16-14-18(29-2)21(31-4)19(15-16)30-3)22-23-24-25-28(22)17-8-6-5-7-9-17/h14-15,17,20H,5-13H2,1-4H3/t20-/m1/s1. The van der Waals surface area contributed by atoms with Gasteiger partial charge in [0, 0.05) is 26.2 Å². The summed E-state index contributed by atoms with van der Waals surface area (Å²) in [6, 6.07) is 4.34. The molecule has 2 fully saturated rings. The monoisotopic (exact) mass is 430 g/mol. The van der Waals surface area contributed by atoms with Crippen molar-refractivity contribution in [1.29, 1.82) is 0 Å². The summed E-state index contributed by atoms with van der Waals surface area (Å²) in [5.74, 6) is 2.78. The lowest BCUT2D eigenvalue weighted by Gasteiger charge is -2.38. The summed E-state index contributed by atoms with van der Waals surface area (Å²) in [6.45, 7) is 3.89. The number of tetrazole rings is 1. The molecule has 1 aliphatic heterocycles. The number of methoxy groups -OCH3 is 3. The smallest absolute Gasteiger partial charge is 0.203 e. The Bertz CT molecular complexity index is 834. The van der Waals surface area contributed by atoms with Gasteiger partial charge in [0.2, 0.25) is 5.75 Å². The van der Waals surface area contributed by atoms with Gasteiger partial charge in [0.1, 0.15) is 0 Å². The summed E-state index contributed by atoms with van der Waals surface area (Å²) in [5, 5.41) is 13.1. The average Bonchev–Trinajstić information content (AvgIpc) is 3.29. The predicted molar refractivity (Wildman–Crippen MR) is 117 cm³/mol. The van der Waals surface area contributed by atoms with Crippen LogP contribution in [0.4, 0.5) is 0 Å². The Labute approximate surface area is 184 Å². The first-order valence-electron chi connectivity index (χ1n) is 11.2. The number of hydrogen-bond acceptors (Lipinski definition) is 8. The summed E-state index contributed by atoms with van der Waals surface area (Å²) in [5.41, 5.74) is 1.05. The SMILES string of the molecule is COc1cc([C@H](c2nnnn2C2CCCCC2)N2CCN(C)CC2)cc(OC)c1OC. The van der Waals surface area contributed by atoms with E-state index < -0.39 is 0 Å². The minimum absolute atomic E-state index is 0.0840. The topological polar surface area (TPSA) is 77.8 Å². The van der Waals surface area contributed by atoms with Crippen LogP contribution in [0, 0.1) is 0 Å². The van der Waals surface area contributed by atoms with Gasteiger partial charge in [0.15, 0.2) is 17.3 Å². The Kier molecular flexibility index (Phi) is 6.92. The largest absolute Gasteiger partial charge is 0.493 e. The molecule has 0 unspecified atom stereocenters. The molecule has 2 heterocycles. The van der Waals surface area contributed by atoms with Crippen molar-refractivity contribution in [2.75, 3.05) is 54.6 Å². The van der Waals surface area contributed by atoms with Gasteiger partial charge >= 0.3 is 0 Å². The minimum Gasteiger partial charge on any atom is -0.493 e. The fourth-order valence-electron chi connectivity index (χ4n) is 4.83. The van der Waals surface area contributed by atoms with E-state index in [0.717, 1.165) is 50.4 Å². The van der Waals surface area contributed by atoms with Crippen LogP contribution < -0.4 is 14.2 Å². The van der Waals surface area contributed by atoms with Crippen LogP contribution in [0.3, 0.4) is 0 Å². The van der Waals surface area contributed by atoms with Crippen molar-refractivity contribution in [3.63, 3.8) is 0 Å². The van der Waals surface area contributed by atoms with E-state index in [1.54, 1.807) is 21.3 Å². The van der Waals surface area contributed by atoms with Crippen LogP contribution >= 0.6 is 0 Å². The Hall–Kier alpha value is -2.39. The van der Waals surface area contributed by atoms with Gasteiger partial charge in [-0.25, -0.2) is 4.68 Å². The molecule has 0 radical (unpaired) electrons. The third kappa shape index (κ3) is 4.48. The number of likely N-dealkylation sites (N-methyl/N-ethyl adjacent to an activating group) is 1. The summed E-state index contributed by atoms with van der Waals surface area (Å²) in [6.07, 6.45) is 6.01. The van der Waals surface area contributed by atoms with Crippen LogP contribution in [0.1, 0.15) is 55.6 Å². The van der Waals surface area contributed by atoms with E-state index in [4.69, 9.17) is 14.2 Å². The lowest BCUT2D eigenvalue weighted by molar-refractivity contribution is 0.119. The van der Waals surface area contributed by atoms with Crippen LogP contribution in [0.25, 0.3) is 0 Å². The Morgan fingerprint density at radius 3 is 2.13 bits per heavy atom. The molecule has 1 atom stereocenters. The molecule has 1 saturated heterocycles. The fourth-order valence-corrected chi connectivity index (χ4v) is 4.83. The van der Waals surface area contributed by atoms with Gasteiger partial charge in [-0.1, -0.05) is 19.3 Å². The number of aromatic nitrogens is 4. The molecule has 0 spiro atoms. The molecule has 1 aromatic carbocycles. The molecule has 170 valence electrons. The number of ether oxygens (including phenoxy) is 3. The molecule has 1 aromatic heterocycles. The van der Waals surface area contributed by atoms with E-state index in [-0.39, 0.29) is 6.04 Å². The van der Waals surface area contributed by atoms with Crippen molar-refractivity contribution >= 4 is 0 Å². The van der Waals surface area contributed by atoms with E-state index >= 15 is 0 Å².